The van der Waals surface area contributed by atoms with Gasteiger partial charge < -0.3 is 19.9 Å². The molecule has 8 heteroatoms. The van der Waals surface area contributed by atoms with Crippen molar-refractivity contribution < 1.29 is 14.3 Å². The van der Waals surface area contributed by atoms with Crippen LogP contribution >= 0.6 is 11.6 Å². The van der Waals surface area contributed by atoms with Gasteiger partial charge in [0.2, 0.25) is 5.56 Å². The summed E-state index contributed by atoms with van der Waals surface area (Å²) in [4.78, 5) is 41.1. The van der Waals surface area contributed by atoms with Crippen LogP contribution in [0.1, 0.15) is 15.9 Å². The number of aromatic amines is 1. The van der Waals surface area contributed by atoms with Gasteiger partial charge in [0.25, 0.3) is 11.8 Å². The monoisotopic (exact) mass is 411 g/mol. The quantitative estimate of drug-likeness (QED) is 0.689. The van der Waals surface area contributed by atoms with E-state index >= 15 is 0 Å². The minimum atomic E-state index is -0.366. The lowest BCUT2D eigenvalue weighted by atomic mass is 10.1. The van der Waals surface area contributed by atoms with Gasteiger partial charge in [0.1, 0.15) is 5.75 Å². The number of ether oxygens (including phenoxy) is 1. The molecule has 148 valence electrons. The van der Waals surface area contributed by atoms with Crippen LogP contribution in [0.2, 0.25) is 5.02 Å². The smallest absolute Gasteiger partial charge is 0.260 e. The number of amides is 2. The number of rotatable bonds is 4. The lowest BCUT2D eigenvalue weighted by Crippen LogP contribution is -2.39. The number of hydrogen-bond acceptors (Lipinski definition) is 4. The van der Waals surface area contributed by atoms with Gasteiger partial charge in [0, 0.05) is 47.2 Å². The average Bonchev–Trinajstić information content (AvgIpc) is 2.86. The predicted octanol–water partition coefficient (Wildman–Crippen LogP) is 2.33. The van der Waals surface area contributed by atoms with Gasteiger partial charge in [-0.15, -0.1) is 0 Å². The second-order valence-corrected chi connectivity index (χ2v) is 7.14. The summed E-state index contributed by atoms with van der Waals surface area (Å²) in [5.74, 6) is 0.0895. The molecule has 1 aliphatic rings. The van der Waals surface area contributed by atoms with Crippen LogP contribution in [0.5, 0.6) is 5.75 Å². The Labute approximate surface area is 171 Å². The van der Waals surface area contributed by atoms with Crippen LogP contribution < -0.4 is 15.6 Å². The maximum absolute atomic E-state index is 12.6. The van der Waals surface area contributed by atoms with Crippen molar-refractivity contribution in [3.8, 4) is 5.75 Å². The van der Waals surface area contributed by atoms with Crippen LogP contribution in [0.15, 0.2) is 53.3 Å². The summed E-state index contributed by atoms with van der Waals surface area (Å²) in [5.41, 5.74) is 1.36. The Bertz CT molecular complexity index is 1160. The van der Waals surface area contributed by atoms with E-state index in [2.05, 4.69) is 10.3 Å². The summed E-state index contributed by atoms with van der Waals surface area (Å²) >= 11 is 6.04. The number of hydrogen-bond donors (Lipinski definition) is 2. The molecular weight excluding hydrogens is 394 g/mol. The van der Waals surface area contributed by atoms with Crippen LogP contribution in [0, 0.1) is 0 Å². The topological polar surface area (TPSA) is 91.5 Å². The first-order valence-electron chi connectivity index (χ1n) is 9.10. The molecule has 0 fully saturated rings. The summed E-state index contributed by atoms with van der Waals surface area (Å²) in [6, 6.07) is 13.6. The molecule has 2 amide bonds. The Balaban J connectivity index is 1.45. The van der Waals surface area contributed by atoms with Crippen molar-refractivity contribution in [1.82, 2.24) is 15.2 Å². The van der Waals surface area contributed by atoms with E-state index in [9.17, 15) is 14.4 Å². The maximum Gasteiger partial charge on any atom is 0.260 e. The first kappa shape index (κ1) is 19.0. The molecule has 0 atom stereocenters. The highest BCUT2D eigenvalue weighted by Crippen LogP contribution is 2.26. The lowest BCUT2D eigenvalue weighted by Gasteiger charge is -2.20. The molecule has 0 unspecified atom stereocenters. The Hall–Kier alpha value is -3.32. The fourth-order valence-corrected chi connectivity index (χ4v) is 3.53. The molecule has 0 saturated carbocycles. The lowest BCUT2D eigenvalue weighted by molar-refractivity contribution is -0.133. The third kappa shape index (κ3) is 4.09. The Morgan fingerprint density at radius 1 is 1.17 bits per heavy atom. The number of aromatic nitrogens is 1. The molecule has 0 radical (unpaired) electrons. The van der Waals surface area contributed by atoms with Gasteiger partial charge >= 0.3 is 0 Å². The molecule has 7 nitrogen and oxygen atoms in total. The molecular formula is C21H18ClN3O4. The number of halogens is 1. The largest absolute Gasteiger partial charge is 0.483 e. The summed E-state index contributed by atoms with van der Waals surface area (Å²) < 4.78 is 5.53. The number of nitrogens with zero attached hydrogens (tertiary/aromatic N) is 1. The van der Waals surface area contributed by atoms with Crippen molar-refractivity contribution in [1.29, 1.82) is 0 Å². The van der Waals surface area contributed by atoms with Crippen LogP contribution in [0.4, 0.5) is 0 Å². The standard InChI is InChI=1S/C21H18ClN3O4/c22-14-5-6-18-13(9-14)11-25(20(27)12-29-18)8-7-23-21(28)16-10-19(26)24-17-4-2-1-3-15(16)17/h1-6,9-10H,7-8,11-12H2,(H,23,28)(H,24,26). The van der Waals surface area contributed by atoms with E-state index in [0.717, 1.165) is 5.56 Å². The second-order valence-electron chi connectivity index (χ2n) is 6.70. The molecule has 1 aromatic heterocycles. The van der Waals surface area contributed by atoms with E-state index < -0.39 is 0 Å². The van der Waals surface area contributed by atoms with Gasteiger partial charge in [-0.25, -0.2) is 0 Å². The zero-order chi connectivity index (χ0) is 20.4. The van der Waals surface area contributed by atoms with Crippen molar-refractivity contribution >= 4 is 34.3 Å². The molecule has 0 spiro atoms. The third-order valence-electron chi connectivity index (χ3n) is 4.75. The molecule has 0 aliphatic carbocycles. The van der Waals surface area contributed by atoms with Gasteiger partial charge in [0.05, 0.1) is 5.56 Å². The minimum Gasteiger partial charge on any atom is -0.483 e. The molecule has 0 saturated heterocycles. The number of para-hydroxylation sites is 1. The van der Waals surface area contributed by atoms with Crippen LogP contribution in [0.25, 0.3) is 10.9 Å². The van der Waals surface area contributed by atoms with E-state index in [1.54, 1.807) is 47.4 Å². The number of H-pyrrole nitrogens is 1. The normalized spacial score (nSPS) is 13.6. The van der Waals surface area contributed by atoms with Crippen molar-refractivity contribution in [2.45, 2.75) is 6.54 Å². The predicted molar refractivity (Wildman–Crippen MR) is 109 cm³/mol. The van der Waals surface area contributed by atoms with Gasteiger partial charge in [-0.1, -0.05) is 29.8 Å². The van der Waals surface area contributed by atoms with Crippen LogP contribution in [-0.2, 0) is 11.3 Å². The Morgan fingerprint density at radius 3 is 2.86 bits per heavy atom. The van der Waals surface area contributed by atoms with Crippen molar-refractivity contribution in [2.24, 2.45) is 0 Å². The molecule has 4 rings (SSSR count). The fraction of sp³-hybridized carbons (Fsp3) is 0.190. The van der Waals surface area contributed by atoms with Gasteiger partial charge in [-0.05, 0) is 24.3 Å². The van der Waals surface area contributed by atoms with E-state index in [-0.39, 0.29) is 30.5 Å². The van der Waals surface area contributed by atoms with E-state index in [1.807, 2.05) is 0 Å². The number of benzene rings is 2. The van der Waals surface area contributed by atoms with Crippen LogP contribution in [-0.4, -0.2) is 41.4 Å². The fourth-order valence-electron chi connectivity index (χ4n) is 3.33. The molecule has 2 N–H and O–H groups in total. The summed E-state index contributed by atoms with van der Waals surface area (Å²) in [6.07, 6.45) is 0. The highest BCUT2D eigenvalue weighted by molar-refractivity contribution is 6.30. The summed E-state index contributed by atoms with van der Waals surface area (Å²) in [5, 5.41) is 4.01. The Morgan fingerprint density at radius 2 is 2.00 bits per heavy atom. The highest BCUT2D eigenvalue weighted by atomic mass is 35.5. The molecule has 0 bridgehead atoms. The van der Waals surface area contributed by atoms with Crippen molar-refractivity contribution in [2.75, 3.05) is 19.7 Å². The summed E-state index contributed by atoms with van der Waals surface area (Å²) in [7, 11) is 0. The van der Waals surface area contributed by atoms with Crippen LogP contribution in [0.3, 0.4) is 0 Å². The van der Waals surface area contributed by atoms with E-state index in [4.69, 9.17) is 16.3 Å². The summed E-state index contributed by atoms with van der Waals surface area (Å²) in [6.45, 7) is 0.822. The van der Waals surface area contributed by atoms with Gasteiger partial charge in [0.15, 0.2) is 6.61 Å². The number of carbonyl (C=O) groups is 2. The SMILES string of the molecule is O=C(NCCN1Cc2cc(Cl)ccc2OCC1=O)c1cc(=O)[nH]c2ccccc12. The molecule has 2 heterocycles. The number of pyridine rings is 1. The maximum atomic E-state index is 12.6. The van der Waals surface area contributed by atoms with E-state index in [0.29, 0.717) is 40.3 Å². The number of carbonyl (C=O) groups excluding carboxylic acids is 2. The number of fused-ring (bicyclic) bond motifs is 2. The first-order valence-corrected chi connectivity index (χ1v) is 9.48. The second kappa shape index (κ2) is 7.97. The number of nitrogens with one attached hydrogen (secondary N) is 2. The zero-order valence-corrected chi connectivity index (χ0v) is 16.2. The van der Waals surface area contributed by atoms with Crippen molar-refractivity contribution in [3.63, 3.8) is 0 Å². The molecule has 1 aliphatic heterocycles. The zero-order valence-electron chi connectivity index (χ0n) is 15.4. The van der Waals surface area contributed by atoms with E-state index in [1.165, 1.54) is 6.07 Å². The van der Waals surface area contributed by atoms with Gasteiger partial charge in [-0.3, -0.25) is 14.4 Å². The third-order valence-corrected chi connectivity index (χ3v) is 4.99. The molecule has 2 aromatic carbocycles. The van der Waals surface area contributed by atoms with Gasteiger partial charge in [-0.2, -0.15) is 0 Å². The first-order chi connectivity index (χ1) is 14.0. The van der Waals surface area contributed by atoms with Crippen molar-refractivity contribution in [3.05, 3.63) is 75.0 Å². The Kier molecular flexibility index (Phi) is 5.22. The molecule has 29 heavy (non-hydrogen) atoms. The average molecular weight is 412 g/mol. The molecule has 3 aromatic rings. The highest BCUT2D eigenvalue weighted by Gasteiger charge is 2.22. The minimum absolute atomic E-state index is 0.0682.